The van der Waals surface area contributed by atoms with E-state index in [-0.39, 0.29) is 5.91 Å². The maximum atomic E-state index is 11.9. The molecule has 0 atom stereocenters. The first-order chi connectivity index (χ1) is 10.1. The zero-order valence-corrected chi connectivity index (χ0v) is 13.2. The fourth-order valence-corrected chi connectivity index (χ4v) is 2.43. The first-order valence-corrected chi connectivity index (χ1v) is 7.63. The number of likely N-dealkylation sites (N-methyl/N-ethyl adjacent to an activating group) is 1. The number of hydrogen-bond donors (Lipinski definition) is 1. The van der Waals surface area contributed by atoms with Gasteiger partial charge >= 0.3 is 0 Å². The van der Waals surface area contributed by atoms with E-state index in [0.717, 1.165) is 49.8 Å². The Balaban J connectivity index is 2.04. The van der Waals surface area contributed by atoms with Gasteiger partial charge in [0.1, 0.15) is 11.6 Å². The summed E-state index contributed by atoms with van der Waals surface area (Å²) < 4.78 is 0. The van der Waals surface area contributed by atoms with E-state index < -0.39 is 0 Å². The Morgan fingerprint density at radius 2 is 2.14 bits per heavy atom. The van der Waals surface area contributed by atoms with Gasteiger partial charge in [0.15, 0.2) is 0 Å². The van der Waals surface area contributed by atoms with Gasteiger partial charge in [-0.3, -0.25) is 9.69 Å². The molecule has 116 valence electrons. The third kappa shape index (κ3) is 4.67. The highest BCUT2D eigenvalue weighted by Gasteiger charge is 2.19. The average Bonchev–Trinajstić information content (AvgIpc) is 2.58. The molecular weight excluding hydrogens is 266 g/mol. The van der Waals surface area contributed by atoms with Crippen molar-refractivity contribution < 1.29 is 4.79 Å². The normalized spacial score (nSPS) is 16.9. The molecule has 0 saturated carbocycles. The van der Waals surface area contributed by atoms with Crippen LogP contribution in [0.25, 0.3) is 0 Å². The van der Waals surface area contributed by atoms with Crippen LogP contribution in [0.5, 0.6) is 0 Å². The second-order valence-electron chi connectivity index (χ2n) is 5.62. The van der Waals surface area contributed by atoms with Crippen molar-refractivity contribution >= 4 is 11.7 Å². The summed E-state index contributed by atoms with van der Waals surface area (Å²) >= 11 is 0. The molecule has 6 nitrogen and oxygen atoms in total. The summed E-state index contributed by atoms with van der Waals surface area (Å²) in [6.45, 7) is 7.82. The molecule has 1 aromatic heterocycles. The number of amides is 1. The number of hydrogen-bond acceptors (Lipinski definition) is 5. The smallest absolute Gasteiger partial charge is 0.236 e. The molecule has 1 N–H and O–H groups in total. The van der Waals surface area contributed by atoms with Gasteiger partial charge in [-0.2, -0.15) is 0 Å². The predicted octanol–water partition coefficient (Wildman–Crippen LogP) is 1.27. The molecular formula is C15H25N5O. The molecule has 1 aliphatic rings. The van der Waals surface area contributed by atoms with E-state index in [1.54, 1.807) is 4.90 Å². The lowest BCUT2D eigenvalue weighted by atomic mass is 10.3. The van der Waals surface area contributed by atoms with E-state index >= 15 is 0 Å². The van der Waals surface area contributed by atoms with Crippen molar-refractivity contribution in [2.75, 3.05) is 38.5 Å². The van der Waals surface area contributed by atoms with Gasteiger partial charge in [0.25, 0.3) is 0 Å². The molecule has 1 aromatic rings. The van der Waals surface area contributed by atoms with Crippen molar-refractivity contribution in [3.63, 3.8) is 0 Å². The topological polar surface area (TPSA) is 61.4 Å². The van der Waals surface area contributed by atoms with Gasteiger partial charge in [0.05, 0.1) is 13.1 Å². The molecule has 0 unspecified atom stereocenters. The number of rotatable bonds is 5. The molecule has 2 rings (SSSR count). The van der Waals surface area contributed by atoms with Gasteiger partial charge in [-0.25, -0.2) is 9.97 Å². The quantitative estimate of drug-likeness (QED) is 0.885. The van der Waals surface area contributed by atoms with Crippen molar-refractivity contribution in [1.82, 2.24) is 19.8 Å². The molecule has 0 aromatic carbocycles. The number of aromatic nitrogens is 2. The van der Waals surface area contributed by atoms with Gasteiger partial charge in [-0.05, 0) is 19.8 Å². The van der Waals surface area contributed by atoms with Gasteiger partial charge < -0.3 is 10.2 Å². The molecule has 0 bridgehead atoms. The van der Waals surface area contributed by atoms with Gasteiger partial charge in [0, 0.05) is 38.4 Å². The number of nitrogens with one attached hydrogen (secondary N) is 1. The first-order valence-electron chi connectivity index (χ1n) is 7.63. The van der Waals surface area contributed by atoms with Crippen molar-refractivity contribution in [1.29, 1.82) is 0 Å². The van der Waals surface area contributed by atoms with Crippen LogP contribution in [0.4, 0.5) is 5.82 Å². The van der Waals surface area contributed by atoms with Crippen LogP contribution >= 0.6 is 0 Å². The van der Waals surface area contributed by atoms with E-state index in [4.69, 9.17) is 0 Å². The van der Waals surface area contributed by atoms with Crippen LogP contribution in [0.2, 0.25) is 0 Å². The second kappa shape index (κ2) is 7.36. The van der Waals surface area contributed by atoms with Crippen molar-refractivity contribution in [2.24, 2.45) is 0 Å². The second-order valence-corrected chi connectivity index (χ2v) is 5.62. The van der Waals surface area contributed by atoms with Gasteiger partial charge in [-0.1, -0.05) is 6.92 Å². The van der Waals surface area contributed by atoms with Gasteiger partial charge in [0.2, 0.25) is 5.91 Å². The standard InChI is InChI=1S/C15H25N5O/c1-4-6-16-13-9-12(2)17-14(18-13)10-20-8-5-7-19(3)15(21)11-20/h9H,4-8,10-11H2,1-3H3,(H,16,17,18). The third-order valence-electron chi connectivity index (χ3n) is 3.57. The van der Waals surface area contributed by atoms with E-state index in [1.807, 2.05) is 20.0 Å². The minimum atomic E-state index is 0.171. The fourth-order valence-electron chi connectivity index (χ4n) is 2.43. The predicted molar refractivity (Wildman–Crippen MR) is 83.1 cm³/mol. The maximum Gasteiger partial charge on any atom is 0.236 e. The first kappa shape index (κ1) is 15.7. The van der Waals surface area contributed by atoms with E-state index in [1.165, 1.54) is 0 Å². The lowest BCUT2D eigenvalue weighted by Gasteiger charge is -2.19. The minimum absolute atomic E-state index is 0.171. The van der Waals surface area contributed by atoms with Crippen LogP contribution in [0.15, 0.2) is 6.07 Å². The van der Waals surface area contributed by atoms with E-state index in [9.17, 15) is 4.79 Å². The highest BCUT2D eigenvalue weighted by molar-refractivity contribution is 5.78. The lowest BCUT2D eigenvalue weighted by Crippen LogP contribution is -2.34. The summed E-state index contributed by atoms with van der Waals surface area (Å²) in [5.74, 6) is 1.83. The molecule has 1 aliphatic heterocycles. The fraction of sp³-hybridized carbons (Fsp3) is 0.667. The highest BCUT2D eigenvalue weighted by atomic mass is 16.2. The Kier molecular flexibility index (Phi) is 5.50. The summed E-state index contributed by atoms with van der Waals surface area (Å²) in [5, 5.41) is 3.30. The Morgan fingerprint density at radius 1 is 1.33 bits per heavy atom. The summed E-state index contributed by atoms with van der Waals surface area (Å²) in [6.07, 6.45) is 2.06. The molecule has 2 heterocycles. The lowest BCUT2D eigenvalue weighted by molar-refractivity contribution is -0.130. The zero-order valence-electron chi connectivity index (χ0n) is 13.2. The van der Waals surface area contributed by atoms with E-state index in [0.29, 0.717) is 13.1 Å². The van der Waals surface area contributed by atoms with Crippen LogP contribution in [0.1, 0.15) is 31.3 Å². The Bertz CT molecular complexity index is 491. The minimum Gasteiger partial charge on any atom is -0.370 e. The number of nitrogens with zero attached hydrogens (tertiary/aromatic N) is 4. The van der Waals surface area contributed by atoms with Crippen LogP contribution in [0, 0.1) is 6.92 Å². The van der Waals surface area contributed by atoms with Crippen molar-refractivity contribution in [2.45, 2.75) is 33.2 Å². The summed E-state index contributed by atoms with van der Waals surface area (Å²) in [5.41, 5.74) is 0.955. The molecule has 0 radical (unpaired) electrons. The molecule has 0 spiro atoms. The molecule has 6 heteroatoms. The summed E-state index contributed by atoms with van der Waals surface area (Å²) in [4.78, 5) is 24.9. The largest absolute Gasteiger partial charge is 0.370 e. The number of carbonyl (C=O) groups is 1. The zero-order chi connectivity index (χ0) is 15.2. The van der Waals surface area contributed by atoms with E-state index in [2.05, 4.69) is 27.1 Å². The van der Waals surface area contributed by atoms with Gasteiger partial charge in [-0.15, -0.1) is 0 Å². The Hall–Kier alpha value is -1.69. The number of carbonyl (C=O) groups excluding carboxylic acids is 1. The number of anilines is 1. The molecule has 0 aliphatic carbocycles. The Morgan fingerprint density at radius 3 is 2.90 bits per heavy atom. The third-order valence-corrected chi connectivity index (χ3v) is 3.57. The average molecular weight is 291 g/mol. The summed E-state index contributed by atoms with van der Waals surface area (Å²) in [6, 6.07) is 1.96. The molecule has 1 fully saturated rings. The molecule has 1 saturated heterocycles. The van der Waals surface area contributed by atoms with Crippen molar-refractivity contribution in [3.05, 3.63) is 17.6 Å². The highest BCUT2D eigenvalue weighted by Crippen LogP contribution is 2.10. The maximum absolute atomic E-state index is 11.9. The molecule has 21 heavy (non-hydrogen) atoms. The monoisotopic (exact) mass is 291 g/mol. The summed E-state index contributed by atoms with van der Waals surface area (Å²) in [7, 11) is 1.86. The number of aryl methyl sites for hydroxylation is 1. The van der Waals surface area contributed by atoms with Crippen LogP contribution in [-0.4, -0.2) is 58.9 Å². The van der Waals surface area contributed by atoms with Crippen LogP contribution in [-0.2, 0) is 11.3 Å². The van der Waals surface area contributed by atoms with Crippen molar-refractivity contribution in [3.8, 4) is 0 Å². The molecule has 1 amide bonds. The van der Waals surface area contributed by atoms with Crippen LogP contribution in [0.3, 0.4) is 0 Å². The Labute approximate surface area is 126 Å². The SMILES string of the molecule is CCCNc1cc(C)nc(CN2CCCN(C)C(=O)C2)n1. The van der Waals surface area contributed by atoms with Crippen LogP contribution < -0.4 is 5.32 Å².